The van der Waals surface area contributed by atoms with Gasteiger partial charge in [0.15, 0.2) is 0 Å². The highest BCUT2D eigenvalue weighted by molar-refractivity contribution is 5.74. The molecule has 80 valence electrons. The van der Waals surface area contributed by atoms with Crippen LogP contribution in [0.15, 0.2) is 0 Å². The van der Waals surface area contributed by atoms with Crippen LogP contribution in [0.4, 0.5) is 18.0 Å². The highest BCUT2D eigenvalue weighted by atomic mass is 19.4. The summed E-state index contributed by atoms with van der Waals surface area (Å²) in [6.07, 6.45) is 1.06. The highest BCUT2D eigenvalue weighted by Crippen LogP contribution is 2.11. The second-order valence-electron chi connectivity index (χ2n) is 2.57. The van der Waals surface area contributed by atoms with Crippen LogP contribution in [0.3, 0.4) is 0 Å². The van der Waals surface area contributed by atoms with Crippen molar-refractivity contribution in [2.45, 2.75) is 25.6 Å². The standard InChI is InChI=1S/C8H11F3N2O/c1-3-6(4-2)13-7(14)12-5-8(9,10)11/h1,6H,4-5H2,2H3,(H2,12,13,14). The Labute approximate surface area is 80.1 Å². The normalized spacial score (nSPS) is 12.8. The largest absolute Gasteiger partial charge is 0.405 e. The Morgan fingerprint density at radius 3 is 2.50 bits per heavy atom. The van der Waals surface area contributed by atoms with Crippen molar-refractivity contribution in [1.82, 2.24) is 10.6 Å². The zero-order chi connectivity index (χ0) is 11.2. The van der Waals surface area contributed by atoms with Gasteiger partial charge in [0.2, 0.25) is 0 Å². The minimum atomic E-state index is -4.41. The van der Waals surface area contributed by atoms with Gasteiger partial charge >= 0.3 is 12.2 Å². The SMILES string of the molecule is C#CC(CC)NC(=O)NCC(F)(F)F. The third-order valence-corrected chi connectivity index (χ3v) is 1.36. The summed E-state index contributed by atoms with van der Waals surface area (Å²) in [5.74, 6) is 2.23. The van der Waals surface area contributed by atoms with Gasteiger partial charge in [0.25, 0.3) is 0 Å². The lowest BCUT2D eigenvalue weighted by molar-refractivity contribution is -0.122. The number of halogens is 3. The molecule has 0 rings (SSSR count). The topological polar surface area (TPSA) is 41.1 Å². The van der Waals surface area contributed by atoms with Crippen LogP contribution in [-0.4, -0.2) is 24.8 Å². The van der Waals surface area contributed by atoms with E-state index in [-0.39, 0.29) is 0 Å². The fraction of sp³-hybridized carbons (Fsp3) is 0.625. The van der Waals surface area contributed by atoms with Gasteiger partial charge < -0.3 is 10.6 Å². The Balaban J connectivity index is 3.83. The predicted octanol–water partition coefficient (Wildman–Crippen LogP) is 1.26. The summed E-state index contributed by atoms with van der Waals surface area (Å²) in [6, 6.07) is -1.45. The van der Waals surface area contributed by atoms with Crippen molar-refractivity contribution in [1.29, 1.82) is 0 Å². The zero-order valence-electron chi connectivity index (χ0n) is 7.61. The molecule has 0 bridgehead atoms. The molecule has 1 unspecified atom stereocenters. The molecule has 0 aromatic carbocycles. The van der Waals surface area contributed by atoms with E-state index in [1.807, 2.05) is 0 Å². The van der Waals surface area contributed by atoms with Crippen molar-refractivity contribution in [2.75, 3.05) is 6.54 Å². The predicted molar refractivity (Wildman–Crippen MR) is 45.5 cm³/mol. The van der Waals surface area contributed by atoms with Gasteiger partial charge in [-0.15, -0.1) is 6.42 Å². The van der Waals surface area contributed by atoms with E-state index in [0.717, 1.165) is 0 Å². The first kappa shape index (κ1) is 12.6. The maximum atomic E-state index is 11.6. The van der Waals surface area contributed by atoms with Gasteiger partial charge in [0, 0.05) is 0 Å². The lowest BCUT2D eigenvalue weighted by Gasteiger charge is -2.12. The molecule has 1 atom stereocenters. The Bertz CT molecular complexity index is 232. The summed E-state index contributed by atoms with van der Waals surface area (Å²) in [5, 5.41) is 3.85. The molecule has 0 fully saturated rings. The Morgan fingerprint density at radius 1 is 1.57 bits per heavy atom. The van der Waals surface area contributed by atoms with Gasteiger partial charge in [-0.05, 0) is 6.42 Å². The smallest absolute Gasteiger partial charge is 0.329 e. The number of rotatable bonds is 3. The summed E-state index contributed by atoms with van der Waals surface area (Å²) < 4.78 is 34.9. The van der Waals surface area contributed by atoms with E-state index in [2.05, 4.69) is 11.2 Å². The van der Waals surface area contributed by atoms with Crippen LogP contribution in [-0.2, 0) is 0 Å². The minimum absolute atomic E-state index is 0.468. The summed E-state index contributed by atoms with van der Waals surface area (Å²) >= 11 is 0. The summed E-state index contributed by atoms with van der Waals surface area (Å²) in [7, 11) is 0. The Morgan fingerprint density at radius 2 is 2.14 bits per heavy atom. The van der Waals surface area contributed by atoms with E-state index in [0.29, 0.717) is 6.42 Å². The highest BCUT2D eigenvalue weighted by Gasteiger charge is 2.27. The number of alkyl halides is 3. The lowest BCUT2D eigenvalue weighted by Crippen LogP contribution is -2.44. The molecule has 0 saturated heterocycles. The van der Waals surface area contributed by atoms with Gasteiger partial charge in [0.1, 0.15) is 6.54 Å². The van der Waals surface area contributed by atoms with Gasteiger partial charge in [-0.3, -0.25) is 0 Å². The minimum Gasteiger partial charge on any atom is -0.329 e. The molecule has 6 heteroatoms. The molecule has 0 spiro atoms. The van der Waals surface area contributed by atoms with Gasteiger partial charge in [-0.1, -0.05) is 12.8 Å². The maximum Gasteiger partial charge on any atom is 0.405 e. The third kappa shape index (κ3) is 6.17. The van der Waals surface area contributed by atoms with Crippen molar-refractivity contribution in [3.63, 3.8) is 0 Å². The first-order valence-electron chi connectivity index (χ1n) is 3.96. The van der Waals surface area contributed by atoms with Crippen LogP contribution in [0.5, 0.6) is 0 Å². The number of hydrogen-bond donors (Lipinski definition) is 2. The average Bonchev–Trinajstić information content (AvgIpc) is 2.09. The molecule has 0 aliphatic rings. The third-order valence-electron chi connectivity index (χ3n) is 1.36. The number of terminal acetylenes is 1. The second kappa shape index (κ2) is 5.37. The van der Waals surface area contributed by atoms with Crippen LogP contribution in [0.2, 0.25) is 0 Å². The molecule has 14 heavy (non-hydrogen) atoms. The molecule has 3 nitrogen and oxygen atoms in total. The first-order valence-corrected chi connectivity index (χ1v) is 3.96. The van der Waals surface area contributed by atoms with Gasteiger partial charge in [-0.2, -0.15) is 13.2 Å². The van der Waals surface area contributed by atoms with E-state index in [4.69, 9.17) is 6.42 Å². The average molecular weight is 208 g/mol. The number of nitrogens with one attached hydrogen (secondary N) is 2. The molecule has 0 aliphatic carbocycles. The van der Waals surface area contributed by atoms with Crippen molar-refractivity contribution in [2.24, 2.45) is 0 Å². The molecule has 0 aliphatic heterocycles. The van der Waals surface area contributed by atoms with Crippen molar-refractivity contribution >= 4 is 6.03 Å². The van der Waals surface area contributed by atoms with E-state index in [9.17, 15) is 18.0 Å². The Hall–Kier alpha value is -1.38. The number of amides is 2. The number of hydrogen-bond acceptors (Lipinski definition) is 1. The quantitative estimate of drug-likeness (QED) is 0.673. The van der Waals surface area contributed by atoms with Gasteiger partial charge in [0.05, 0.1) is 6.04 Å². The van der Waals surface area contributed by atoms with Crippen LogP contribution in [0, 0.1) is 12.3 Å². The van der Waals surface area contributed by atoms with Crippen molar-refractivity contribution in [3.8, 4) is 12.3 Å². The van der Waals surface area contributed by atoms with Gasteiger partial charge in [-0.25, -0.2) is 4.79 Å². The maximum absolute atomic E-state index is 11.6. The summed E-state index contributed by atoms with van der Waals surface area (Å²) in [6.45, 7) is 0.356. The number of urea groups is 1. The molecule has 0 aromatic heterocycles. The van der Waals surface area contributed by atoms with E-state index >= 15 is 0 Å². The monoisotopic (exact) mass is 208 g/mol. The second-order valence-corrected chi connectivity index (χ2v) is 2.57. The fourth-order valence-corrected chi connectivity index (χ4v) is 0.651. The van der Waals surface area contributed by atoms with Crippen molar-refractivity contribution in [3.05, 3.63) is 0 Å². The van der Waals surface area contributed by atoms with E-state index < -0.39 is 24.8 Å². The molecule has 0 radical (unpaired) electrons. The summed E-state index contributed by atoms with van der Waals surface area (Å²) in [4.78, 5) is 10.8. The Kier molecular flexibility index (Phi) is 4.84. The molecule has 0 heterocycles. The molecular weight excluding hydrogens is 197 g/mol. The van der Waals surface area contributed by atoms with E-state index in [1.54, 1.807) is 12.2 Å². The molecule has 2 amide bonds. The van der Waals surface area contributed by atoms with Crippen LogP contribution in [0.1, 0.15) is 13.3 Å². The van der Waals surface area contributed by atoms with Crippen LogP contribution >= 0.6 is 0 Å². The fourth-order valence-electron chi connectivity index (χ4n) is 0.651. The number of carbonyl (C=O) groups is 1. The zero-order valence-corrected chi connectivity index (χ0v) is 7.61. The van der Waals surface area contributed by atoms with Crippen LogP contribution in [0.25, 0.3) is 0 Å². The van der Waals surface area contributed by atoms with E-state index in [1.165, 1.54) is 0 Å². The molecule has 2 N–H and O–H groups in total. The summed E-state index contributed by atoms with van der Waals surface area (Å²) in [5.41, 5.74) is 0. The molecule has 0 aromatic rings. The molecular formula is C8H11F3N2O. The van der Waals surface area contributed by atoms with Crippen molar-refractivity contribution < 1.29 is 18.0 Å². The lowest BCUT2D eigenvalue weighted by atomic mass is 10.2. The number of carbonyl (C=O) groups excluding carboxylic acids is 1. The van der Waals surface area contributed by atoms with Crippen LogP contribution < -0.4 is 10.6 Å². The molecule has 0 saturated carbocycles. The first-order chi connectivity index (χ1) is 6.39.